The predicted octanol–water partition coefficient (Wildman–Crippen LogP) is 2.60. The molecule has 116 valence electrons. The summed E-state index contributed by atoms with van der Waals surface area (Å²) in [6, 6.07) is 6.51. The van der Waals surface area contributed by atoms with Crippen LogP contribution in [0, 0.1) is 0 Å². The van der Waals surface area contributed by atoms with E-state index in [1.165, 1.54) is 0 Å². The Kier molecular flexibility index (Phi) is 5.58. The first-order valence-corrected chi connectivity index (χ1v) is 6.72. The minimum atomic E-state index is -0.911. The van der Waals surface area contributed by atoms with Crippen LogP contribution >= 0.6 is 0 Å². The molecule has 6 nitrogen and oxygen atoms in total. The zero-order valence-electron chi connectivity index (χ0n) is 12.8. The second kappa shape index (κ2) is 6.97. The van der Waals surface area contributed by atoms with E-state index in [1.807, 2.05) is 12.1 Å². The molecule has 0 aliphatic carbocycles. The molecule has 0 aliphatic rings. The van der Waals surface area contributed by atoms with Crippen molar-refractivity contribution in [2.75, 3.05) is 5.32 Å². The van der Waals surface area contributed by atoms with Crippen LogP contribution in [0.25, 0.3) is 0 Å². The molecule has 1 amide bonds. The minimum Gasteiger partial charge on any atom is -0.480 e. The van der Waals surface area contributed by atoms with Crippen LogP contribution in [0.1, 0.15) is 33.3 Å². The number of ether oxygens (including phenoxy) is 1. The third kappa shape index (κ3) is 6.65. The number of alkyl carbamates (subject to hydrolysis) is 1. The average Bonchev–Trinajstić information content (AvgIpc) is 2.35. The van der Waals surface area contributed by atoms with Gasteiger partial charge in [-0.15, -0.1) is 0 Å². The zero-order chi connectivity index (χ0) is 16.0. The summed E-state index contributed by atoms with van der Waals surface area (Å²) in [5.74, 6) is -0.911. The summed E-state index contributed by atoms with van der Waals surface area (Å²) < 4.78 is 5.13. The molecule has 1 rings (SSSR count). The van der Waals surface area contributed by atoms with Crippen molar-refractivity contribution in [3.8, 4) is 0 Å². The molecule has 1 aromatic rings. The summed E-state index contributed by atoms with van der Waals surface area (Å²) in [6.07, 6.45) is -0.468. The highest BCUT2D eigenvalue weighted by atomic mass is 16.6. The average molecular weight is 294 g/mol. The minimum absolute atomic E-state index is 0.351. The maximum Gasteiger partial charge on any atom is 0.407 e. The van der Waals surface area contributed by atoms with Crippen molar-refractivity contribution in [1.82, 2.24) is 5.32 Å². The van der Waals surface area contributed by atoms with Gasteiger partial charge in [0.1, 0.15) is 11.6 Å². The molecule has 0 heterocycles. The first-order valence-electron chi connectivity index (χ1n) is 6.72. The second-order valence-electron chi connectivity index (χ2n) is 5.76. The first kappa shape index (κ1) is 16.8. The number of nitrogens with one attached hydrogen (secondary N) is 2. The SMILES string of the molecule is CC(Nc1ccc(CNC(=O)OC(C)(C)C)cc1)C(=O)O. The fourth-order valence-corrected chi connectivity index (χ4v) is 1.52. The molecule has 0 spiro atoms. The van der Waals surface area contributed by atoms with Gasteiger partial charge < -0.3 is 20.5 Å². The Morgan fingerprint density at radius 3 is 2.29 bits per heavy atom. The molecule has 0 saturated heterocycles. The molecule has 1 atom stereocenters. The van der Waals surface area contributed by atoms with E-state index < -0.39 is 23.7 Å². The molecule has 21 heavy (non-hydrogen) atoms. The maximum atomic E-state index is 11.5. The van der Waals surface area contributed by atoms with Gasteiger partial charge in [-0.05, 0) is 45.4 Å². The number of amides is 1. The summed E-state index contributed by atoms with van der Waals surface area (Å²) in [5.41, 5.74) is 1.09. The van der Waals surface area contributed by atoms with Crippen LogP contribution in [-0.4, -0.2) is 28.8 Å². The second-order valence-corrected chi connectivity index (χ2v) is 5.76. The zero-order valence-corrected chi connectivity index (χ0v) is 12.8. The highest BCUT2D eigenvalue weighted by Gasteiger charge is 2.15. The number of carboxylic acids is 1. The van der Waals surface area contributed by atoms with Crippen LogP contribution in [0.3, 0.4) is 0 Å². The van der Waals surface area contributed by atoms with Crippen molar-refractivity contribution < 1.29 is 19.4 Å². The van der Waals surface area contributed by atoms with Gasteiger partial charge in [-0.3, -0.25) is 4.79 Å². The number of anilines is 1. The van der Waals surface area contributed by atoms with E-state index in [0.717, 1.165) is 5.56 Å². The number of hydrogen-bond acceptors (Lipinski definition) is 4. The van der Waals surface area contributed by atoms with Crippen molar-refractivity contribution in [3.63, 3.8) is 0 Å². The van der Waals surface area contributed by atoms with E-state index in [-0.39, 0.29) is 0 Å². The smallest absolute Gasteiger partial charge is 0.407 e. The van der Waals surface area contributed by atoms with E-state index in [2.05, 4.69) is 10.6 Å². The maximum absolute atomic E-state index is 11.5. The number of carbonyl (C=O) groups is 2. The number of carboxylic acid groups (broad SMARTS) is 1. The number of aliphatic carboxylic acids is 1. The third-order valence-electron chi connectivity index (χ3n) is 2.54. The van der Waals surface area contributed by atoms with Crippen molar-refractivity contribution in [3.05, 3.63) is 29.8 Å². The van der Waals surface area contributed by atoms with E-state index in [1.54, 1.807) is 39.8 Å². The van der Waals surface area contributed by atoms with Gasteiger partial charge >= 0.3 is 12.1 Å². The van der Waals surface area contributed by atoms with Crippen molar-refractivity contribution in [2.24, 2.45) is 0 Å². The summed E-state index contributed by atoms with van der Waals surface area (Å²) >= 11 is 0. The Hall–Kier alpha value is -2.24. The van der Waals surface area contributed by atoms with E-state index in [9.17, 15) is 9.59 Å². The van der Waals surface area contributed by atoms with Gasteiger partial charge in [0.25, 0.3) is 0 Å². The first-order chi connectivity index (χ1) is 9.67. The lowest BCUT2D eigenvalue weighted by Gasteiger charge is -2.19. The van der Waals surface area contributed by atoms with E-state index in [0.29, 0.717) is 12.2 Å². The molecule has 3 N–H and O–H groups in total. The van der Waals surface area contributed by atoms with E-state index in [4.69, 9.17) is 9.84 Å². The van der Waals surface area contributed by atoms with Crippen LogP contribution in [-0.2, 0) is 16.1 Å². The molecule has 0 aromatic heterocycles. The molecule has 6 heteroatoms. The van der Waals surface area contributed by atoms with Crippen LogP contribution in [0.2, 0.25) is 0 Å². The van der Waals surface area contributed by atoms with Crippen molar-refractivity contribution >= 4 is 17.7 Å². The van der Waals surface area contributed by atoms with Gasteiger partial charge in [0.15, 0.2) is 0 Å². The fraction of sp³-hybridized carbons (Fsp3) is 0.467. The van der Waals surface area contributed by atoms with Crippen LogP contribution in [0.4, 0.5) is 10.5 Å². The van der Waals surface area contributed by atoms with Gasteiger partial charge in [-0.2, -0.15) is 0 Å². The molecule has 0 aliphatic heterocycles. The Morgan fingerprint density at radius 2 is 1.81 bits per heavy atom. The van der Waals surface area contributed by atoms with Crippen molar-refractivity contribution in [1.29, 1.82) is 0 Å². The molecule has 0 fully saturated rings. The Bertz CT molecular complexity index is 491. The Morgan fingerprint density at radius 1 is 1.24 bits per heavy atom. The van der Waals surface area contributed by atoms with Crippen LogP contribution in [0.15, 0.2) is 24.3 Å². The summed E-state index contributed by atoms with van der Waals surface area (Å²) in [6.45, 7) is 7.33. The normalized spacial score (nSPS) is 12.4. The largest absolute Gasteiger partial charge is 0.480 e. The third-order valence-corrected chi connectivity index (χ3v) is 2.54. The summed E-state index contributed by atoms with van der Waals surface area (Å²) in [4.78, 5) is 22.2. The van der Waals surface area contributed by atoms with E-state index >= 15 is 0 Å². The van der Waals surface area contributed by atoms with Crippen molar-refractivity contribution in [2.45, 2.75) is 45.9 Å². The molecule has 1 unspecified atom stereocenters. The Labute approximate surface area is 124 Å². The number of hydrogen-bond donors (Lipinski definition) is 3. The molecule has 0 bridgehead atoms. The van der Waals surface area contributed by atoms with Gasteiger partial charge in [-0.1, -0.05) is 12.1 Å². The van der Waals surface area contributed by atoms with Gasteiger partial charge in [0.2, 0.25) is 0 Å². The lowest BCUT2D eigenvalue weighted by molar-refractivity contribution is -0.137. The molecular weight excluding hydrogens is 272 g/mol. The molecule has 0 saturated carbocycles. The predicted molar refractivity (Wildman–Crippen MR) is 80.2 cm³/mol. The summed E-state index contributed by atoms with van der Waals surface area (Å²) in [7, 11) is 0. The molecule has 1 aromatic carbocycles. The Balaban J connectivity index is 2.48. The quantitative estimate of drug-likeness (QED) is 0.777. The topological polar surface area (TPSA) is 87.7 Å². The number of carbonyl (C=O) groups excluding carboxylic acids is 1. The monoisotopic (exact) mass is 294 g/mol. The molecular formula is C15H22N2O4. The summed E-state index contributed by atoms with van der Waals surface area (Å²) in [5, 5.41) is 14.3. The van der Waals surface area contributed by atoms with Gasteiger partial charge in [0, 0.05) is 12.2 Å². The van der Waals surface area contributed by atoms with Crippen LogP contribution in [0.5, 0.6) is 0 Å². The molecule has 0 radical (unpaired) electrons. The standard InChI is InChI=1S/C15H22N2O4/c1-10(13(18)19)17-12-7-5-11(6-8-12)9-16-14(20)21-15(2,3)4/h5-8,10,17H,9H2,1-4H3,(H,16,20)(H,18,19). The number of benzene rings is 1. The number of rotatable bonds is 5. The van der Waals surface area contributed by atoms with Gasteiger partial charge in [0.05, 0.1) is 0 Å². The fourth-order valence-electron chi connectivity index (χ4n) is 1.52. The lowest BCUT2D eigenvalue weighted by Crippen LogP contribution is -2.32. The van der Waals surface area contributed by atoms with Crippen LogP contribution < -0.4 is 10.6 Å². The highest BCUT2D eigenvalue weighted by molar-refractivity contribution is 5.76. The van der Waals surface area contributed by atoms with Gasteiger partial charge in [-0.25, -0.2) is 4.79 Å². The highest BCUT2D eigenvalue weighted by Crippen LogP contribution is 2.11. The lowest BCUT2D eigenvalue weighted by atomic mass is 10.2.